The molecule has 0 aliphatic rings. The summed E-state index contributed by atoms with van der Waals surface area (Å²) in [6, 6.07) is 7.08. The lowest BCUT2D eigenvalue weighted by atomic mass is 9.78. The third-order valence-corrected chi connectivity index (χ3v) is 4.45. The van der Waals surface area contributed by atoms with Crippen molar-refractivity contribution in [2.24, 2.45) is 5.10 Å². The van der Waals surface area contributed by atoms with E-state index in [0.29, 0.717) is 12.0 Å². The molecule has 0 heterocycles. The minimum atomic E-state index is -2.85. The van der Waals surface area contributed by atoms with Crippen molar-refractivity contribution in [2.75, 3.05) is 0 Å². The van der Waals surface area contributed by atoms with E-state index in [1.165, 1.54) is 30.5 Å². The van der Waals surface area contributed by atoms with Crippen LogP contribution in [0.3, 0.4) is 0 Å². The second-order valence-electron chi connectivity index (χ2n) is 7.63. The van der Waals surface area contributed by atoms with Gasteiger partial charge < -0.3 is 4.74 Å². The summed E-state index contributed by atoms with van der Waals surface area (Å²) < 4.78 is 47.5. The summed E-state index contributed by atoms with van der Waals surface area (Å²) in [5.41, 5.74) is 2.47. The molecule has 9 heteroatoms. The zero-order valence-corrected chi connectivity index (χ0v) is 17.1. The van der Waals surface area contributed by atoms with Gasteiger partial charge in [-0.25, -0.2) is 9.82 Å². The number of benzene rings is 2. The van der Waals surface area contributed by atoms with Gasteiger partial charge in [-0.1, -0.05) is 39.0 Å². The topological polar surface area (TPSA) is 67.8 Å². The van der Waals surface area contributed by atoms with Gasteiger partial charge in [-0.15, -0.1) is 0 Å². The van der Waals surface area contributed by atoms with E-state index in [4.69, 9.17) is 4.74 Å². The zero-order valence-electron chi connectivity index (χ0n) is 17.1. The maximum atomic E-state index is 15.3. The van der Waals surface area contributed by atoms with Gasteiger partial charge in [0.1, 0.15) is 12.4 Å². The number of ether oxygens (including phenoxy) is 1. The number of halogens is 3. The Kier molecular flexibility index (Phi) is 7.42. The quantitative estimate of drug-likeness (QED) is 0.246. The van der Waals surface area contributed by atoms with Crippen molar-refractivity contribution >= 4 is 31.3 Å². The molecule has 0 aliphatic heterocycles. The highest BCUT2D eigenvalue weighted by atomic mass is 19.2. The fourth-order valence-corrected chi connectivity index (χ4v) is 2.96. The number of rotatable bonds is 7. The summed E-state index contributed by atoms with van der Waals surface area (Å²) in [6.07, 6.45) is 1.59. The lowest BCUT2D eigenvalue weighted by Gasteiger charge is -2.22. The maximum absolute atomic E-state index is 15.3. The van der Waals surface area contributed by atoms with Crippen molar-refractivity contribution < 1.29 is 27.3 Å². The third kappa shape index (κ3) is 5.49. The molecule has 0 radical (unpaired) electrons. The van der Waals surface area contributed by atoms with E-state index in [0.717, 1.165) is 6.92 Å². The van der Waals surface area contributed by atoms with Gasteiger partial charge >= 0.3 is 13.2 Å². The van der Waals surface area contributed by atoms with Crippen LogP contribution in [0.1, 0.15) is 44.4 Å². The molecule has 0 bridgehead atoms. The van der Waals surface area contributed by atoms with E-state index >= 15 is 4.39 Å². The molecule has 0 saturated carbocycles. The largest absolute Gasteiger partial charge is 0.572 e. The van der Waals surface area contributed by atoms with Gasteiger partial charge in [0.2, 0.25) is 6.41 Å². The molecule has 0 saturated heterocycles. The lowest BCUT2D eigenvalue weighted by molar-refractivity contribution is -0.142. The van der Waals surface area contributed by atoms with Crippen LogP contribution in [0.15, 0.2) is 35.4 Å². The number of esters is 1. The minimum Gasteiger partial charge on any atom is -0.461 e. The summed E-state index contributed by atoms with van der Waals surface area (Å²) in [6.45, 7) is 6.42. The Morgan fingerprint density at radius 1 is 1.27 bits per heavy atom. The van der Waals surface area contributed by atoms with E-state index in [1.54, 1.807) is 6.07 Å². The van der Waals surface area contributed by atoms with Crippen molar-refractivity contribution in [1.29, 1.82) is 0 Å². The van der Waals surface area contributed by atoms with Gasteiger partial charge in [0, 0.05) is 18.1 Å². The van der Waals surface area contributed by atoms with Crippen LogP contribution in [-0.4, -0.2) is 25.9 Å². The molecular formula is C21H22BF3N2O3. The van der Waals surface area contributed by atoms with Gasteiger partial charge in [0.15, 0.2) is 0 Å². The first kappa shape index (κ1) is 23.2. The Morgan fingerprint density at radius 3 is 2.53 bits per heavy atom. The Balaban J connectivity index is 2.80. The van der Waals surface area contributed by atoms with Crippen LogP contribution in [0.25, 0.3) is 11.1 Å². The van der Waals surface area contributed by atoms with E-state index < -0.39 is 31.1 Å². The van der Waals surface area contributed by atoms with E-state index in [2.05, 4.69) is 10.5 Å². The molecule has 0 spiro atoms. The van der Waals surface area contributed by atoms with Crippen LogP contribution in [0, 0.1) is 5.82 Å². The highest BCUT2D eigenvalue weighted by Crippen LogP contribution is 2.34. The van der Waals surface area contributed by atoms with Gasteiger partial charge in [-0.05, 0) is 39.7 Å². The van der Waals surface area contributed by atoms with Crippen molar-refractivity contribution in [3.05, 3.63) is 52.8 Å². The number of amides is 1. The Labute approximate surface area is 173 Å². The highest BCUT2D eigenvalue weighted by Gasteiger charge is 2.26. The van der Waals surface area contributed by atoms with Crippen molar-refractivity contribution in [1.82, 2.24) is 5.43 Å². The predicted molar refractivity (Wildman–Crippen MR) is 110 cm³/mol. The molecule has 1 N–H and O–H groups in total. The Hall–Kier alpha value is -3.10. The van der Waals surface area contributed by atoms with Crippen LogP contribution >= 0.6 is 0 Å². The maximum Gasteiger partial charge on any atom is 0.572 e. The fourth-order valence-electron chi connectivity index (χ4n) is 2.96. The molecule has 0 unspecified atom stereocenters. The molecule has 0 atom stereocenters. The number of hydrogen-bond acceptors (Lipinski definition) is 4. The summed E-state index contributed by atoms with van der Waals surface area (Å²) in [4.78, 5) is 21.8. The molecule has 0 aromatic heterocycles. The summed E-state index contributed by atoms with van der Waals surface area (Å²) >= 11 is 0. The smallest absolute Gasteiger partial charge is 0.461 e. The zero-order chi connectivity index (χ0) is 22.5. The summed E-state index contributed by atoms with van der Waals surface area (Å²) in [5.74, 6) is -1.30. The average molecular weight is 418 g/mol. The number of nitrogens with zero attached hydrogens (tertiary/aromatic N) is 1. The molecule has 0 aliphatic carbocycles. The molecule has 30 heavy (non-hydrogen) atoms. The molecular weight excluding hydrogens is 396 g/mol. The van der Waals surface area contributed by atoms with Crippen LogP contribution in [0.2, 0.25) is 0 Å². The van der Waals surface area contributed by atoms with Gasteiger partial charge in [0.25, 0.3) is 0 Å². The number of carbonyl (C=O) groups excluding carboxylic acids is 2. The van der Waals surface area contributed by atoms with Crippen LogP contribution in [0.5, 0.6) is 0 Å². The molecule has 158 valence electrons. The molecule has 1 amide bonds. The van der Waals surface area contributed by atoms with Crippen molar-refractivity contribution in [3.63, 3.8) is 0 Å². The first-order valence-corrected chi connectivity index (χ1v) is 9.16. The minimum absolute atomic E-state index is 0.00288. The number of hydrogen-bond donors (Lipinski definition) is 1. The Morgan fingerprint density at radius 2 is 1.97 bits per heavy atom. The first-order chi connectivity index (χ1) is 14.1. The number of hydrazone groups is 1. The summed E-state index contributed by atoms with van der Waals surface area (Å²) in [7, 11) is -2.85. The van der Waals surface area contributed by atoms with Crippen LogP contribution < -0.4 is 10.9 Å². The van der Waals surface area contributed by atoms with Crippen LogP contribution in [-0.2, 0) is 26.3 Å². The molecule has 2 aromatic carbocycles. The fraction of sp³-hybridized carbons (Fsp3) is 0.286. The van der Waals surface area contributed by atoms with Crippen molar-refractivity contribution in [3.8, 4) is 11.1 Å². The predicted octanol–water partition coefficient (Wildman–Crippen LogP) is 3.57. The first-order valence-electron chi connectivity index (χ1n) is 9.16. The third-order valence-electron chi connectivity index (χ3n) is 4.45. The van der Waals surface area contributed by atoms with E-state index in [9.17, 15) is 18.2 Å². The molecule has 2 rings (SSSR count). The molecule has 0 fully saturated rings. The average Bonchev–Trinajstić information content (AvgIpc) is 2.65. The number of carbonyl (C=O) groups is 2. The van der Waals surface area contributed by atoms with Gasteiger partial charge in [-0.3, -0.25) is 18.2 Å². The lowest BCUT2D eigenvalue weighted by Crippen LogP contribution is -2.26. The second-order valence-corrected chi connectivity index (χ2v) is 7.63. The SMILES string of the molecule is CC(=O)OCc1c(B(F)F)cccc1-c1c(F)cc(C(C)(C)C)cc1/C=N\NC=O. The van der Waals surface area contributed by atoms with Crippen molar-refractivity contribution in [2.45, 2.75) is 39.7 Å². The monoisotopic (exact) mass is 418 g/mol. The molecule has 2 aromatic rings. The highest BCUT2D eigenvalue weighted by molar-refractivity contribution is 6.60. The number of nitrogens with one attached hydrogen (secondary N) is 1. The Bertz CT molecular complexity index is 973. The van der Waals surface area contributed by atoms with E-state index in [-0.39, 0.29) is 27.7 Å². The van der Waals surface area contributed by atoms with Gasteiger partial charge in [-0.2, -0.15) is 5.10 Å². The van der Waals surface area contributed by atoms with Gasteiger partial charge in [0.05, 0.1) is 6.21 Å². The standard InChI is InChI=1S/C21H22BF3N2O3/c1-13(29)30-11-17-16(6-5-7-18(17)22(24)25)20-14(10-26-27-12-28)8-15(9-19(20)23)21(2,3)4/h5-10,12H,11H2,1-4H3,(H,27,28)/b26-10-. The van der Waals surface area contributed by atoms with E-state index in [1.807, 2.05) is 20.8 Å². The summed E-state index contributed by atoms with van der Waals surface area (Å²) in [5, 5.41) is 3.73. The van der Waals surface area contributed by atoms with Crippen LogP contribution in [0.4, 0.5) is 13.0 Å². The second kappa shape index (κ2) is 9.60. The normalized spacial score (nSPS) is 11.4. The molecule has 5 nitrogen and oxygen atoms in total.